The van der Waals surface area contributed by atoms with Crippen LogP contribution < -0.4 is 5.73 Å². The van der Waals surface area contributed by atoms with Gasteiger partial charge in [-0.05, 0) is 29.7 Å². The second-order valence-corrected chi connectivity index (χ2v) is 10.1. The maximum absolute atomic E-state index is 13.6. The highest BCUT2D eigenvalue weighted by Gasteiger charge is 2.38. The van der Waals surface area contributed by atoms with Crippen LogP contribution in [0.1, 0.15) is 26.9 Å². The number of halogens is 4. The highest BCUT2D eigenvalue weighted by Crippen LogP contribution is 2.39. The topological polar surface area (TPSA) is 89.7 Å². The van der Waals surface area contributed by atoms with E-state index in [0.717, 1.165) is 26.4 Å². The van der Waals surface area contributed by atoms with E-state index < -0.39 is 44.5 Å². The molecule has 1 saturated heterocycles. The highest BCUT2D eigenvalue weighted by molar-refractivity contribution is 7.89. The number of primary amides is 1. The number of amides is 1. The van der Waals surface area contributed by atoms with Gasteiger partial charge in [0.2, 0.25) is 10.0 Å². The molecule has 1 amide bonds. The lowest BCUT2D eigenvalue weighted by Gasteiger charge is -2.32. The molecule has 1 aliphatic rings. The van der Waals surface area contributed by atoms with Gasteiger partial charge in [-0.15, -0.1) is 11.3 Å². The molecule has 2 heterocycles. The normalized spacial score (nSPS) is 18.2. The second-order valence-electron chi connectivity index (χ2n) is 7.07. The standard InChI is InChI=1S/C20H16F4N2O4S2/c21-14-6-5-11(9-13(14)20(22,23)24)32(28,29)26-7-8-30-15(10-26)17-12-3-1-2-4-16(12)31-18(17)19(25)27/h1-6,9,15H,7-8,10H2,(H2,25,27)/t15-/m0/s1. The van der Waals surface area contributed by atoms with Crippen LogP contribution in [0.2, 0.25) is 0 Å². The number of nitrogens with two attached hydrogens (primary N) is 1. The molecular weight excluding hydrogens is 472 g/mol. The average Bonchev–Trinajstić information content (AvgIpc) is 3.13. The first-order valence-electron chi connectivity index (χ1n) is 9.30. The molecule has 1 fully saturated rings. The Bertz CT molecular complexity index is 1300. The molecule has 4 rings (SSSR count). The summed E-state index contributed by atoms with van der Waals surface area (Å²) in [4.78, 5) is 11.5. The maximum atomic E-state index is 13.6. The van der Waals surface area contributed by atoms with Crippen molar-refractivity contribution < 1.29 is 35.5 Å². The van der Waals surface area contributed by atoms with Crippen molar-refractivity contribution >= 4 is 37.4 Å². The third-order valence-corrected chi connectivity index (χ3v) is 8.15. The average molecular weight is 488 g/mol. The summed E-state index contributed by atoms with van der Waals surface area (Å²) in [5.74, 6) is -2.26. The largest absolute Gasteiger partial charge is 0.419 e. The van der Waals surface area contributed by atoms with Crippen molar-refractivity contribution in [3.05, 3.63) is 64.3 Å². The number of sulfonamides is 1. The van der Waals surface area contributed by atoms with Gasteiger partial charge in [-0.2, -0.15) is 17.5 Å². The van der Waals surface area contributed by atoms with Crippen molar-refractivity contribution in [1.29, 1.82) is 0 Å². The zero-order valence-corrected chi connectivity index (χ0v) is 17.9. The van der Waals surface area contributed by atoms with Gasteiger partial charge in [0.25, 0.3) is 5.91 Å². The molecule has 6 nitrogen and oxygen atoms in total. The monoisotopic (exact) mass is 488 g/mol. The van der Waals surface area contributed by atoms with Gasteiger partial charge in [0, 0.05) is 23.4 Å². The van der Waals surface area contributed by atoms with E-state index in [1.807, 2.05) is 0 Å². The van der Waals surface area contributed by atoms with E-state index in [-0.39, 0.29) is 30.6 Å². The summed E-state index contributed by atoms with van der Waals surface area (Å²) in [5, 5.41) is 0.677. The van der Waals surface area contributed by atoms with Crippen LogP contribution in [0.3, 0.4) is 0 Å². The molecule has 1 aromatic heterocycles. The zero-order chi connectivity index (χ0) is 23.3. The van der Waals surface area contributed by atoms with E-state index in [0.29, 0.717) is 17.0 Å². The molecule has 2 aromatic carbocycles. The van der Waals surface area contributed by atoms with Crippen LogP contribution in [-0.2, 0) is 20.9 Å². The van der Waals surface area contributed by atoms with E-state index in [4.69, 9.17) is 10.5 Å². The van der Waals surface area contributed by atoms with Crippen molar-refractivity contribution in [3.63, 3.8) is 0 Å². The fraction of sp³-hybridized carbons (Fsp3) is 0.250. The van der Waals surface area contributed by atoms with E-state index in [1.54, 1.807) is 24.3 Å². The molecule has 0 saturated carbocycles. The van der Waals surface area contributed by atoms with Crippen LogP contribution in [0.15, 0.2) is 47.4 Å². The van der Waals surface area contributed by atoms with E-state index in [1.165, 1.54) is 0 Å². The van der Waals surface area contributed by atoms with Gasteiger partial charge in [0.1, 0.15) is 5.82 Å². The van der Waals surface area contributed by atoms with Crippen LogP contribution in [0.5, 0.6) is 0 Å². The van der Waals surface area contributed by atoms with Gasteiger partial charge in [-0.3, -0.25) is 4.79 Å². The molecule has 2 N–H and O–H groups in total. The molecule has 170 valence electrons. The molecule has 12 heteroatoms. The van der Waals surface area contributed by atoms with Crippen molar-refractivity contribution in [2.24, 2.45) is 5.73 Å². The van der Waals surface area contributed by atoms with Gasteiger partial charge < -0.3 is 10.5 Å². The van der Waals surface area contributed by atoms with Crippen LogP contribution in [0, 0.1) is 5.82 Å². The first-order chi connectivity index (χ1) is 15.0. The van der Waals surface area contributed by atoms with E-state index >= 15 is 0 Å². The van der Waals surface area contributed by atoms with Crippen LogP contribution in [0.25, 0.3) is 10.1 Å². The second kappa shape index (κ2) is 8.10. The number of ether oxygens (including phenoxy) is 1. The number of benzene rings is 2. The van der Waals surface area contributed by atoms with Crippen molar-refractivity contribution in [3.8, 4) is 0 Å². The van der Waals surface area contributed by atoms with Crippen molar-refractivity contribution in [2.75, 3.05) is 19.7 Å². The Hall–Kier alpha value is -2.54. The summed E-state index contributed by atoms with van der Waals surface area (Å²) in [5.41, 5.74) is 4.28. The lowest BCUT2D eigenvalue weighted by molar-refractivity contribution is -0.140. The summed E-state index contributed by atoms with van der Waals surface area (Å²) in [7, 11) is -4.40. The maximum Gasteiger partial charge on any atom is 0.419 e. The number of thiophene rings is 1. The van der Waals surface area contributed by atoms with Gasteiger partial charge in [-0.25, -0.2) is 12.8 Å². The molecular formula is C20H16F4N2O4S2. The Morgan fingerprint density at radius 1 is 1.19 bits per heavy atom. The molecule has 0 aliphatic carbocycles. The van der Waals surface area contributed by atoms with Crippen LogP contribution in [-0.4, -0.2) is 38.3 Å². The summed E-state index contributed by atoms with van der Waals surface area (Å²) in [6.45, 7) is -0.423. The Kier molecular flexibility index (Phi) is 5.74. The Labute approximate surface area is 184 Å². The number of hydrogen-bond donors (Lipinski definition) is 1. The molecule has 0 bridgehead atoms. The quantitative estimate of drug-likeness (QED) is 0.564. The van der Waals surface area contributed by atoms with Gasteiger partial charge in [0.15, 0.2) is 0 Å². The number of nitrogens with zero attached hydrogens (tertiary/aromatic N) is 1. The van der Waals surface area contributed by atoms with Gasteiger partial charge in [-0.1, -0.05) is 18.2 Å². The molecule has 0 spiro atoms. The van der Waals surface area contributed by atoms with E-state index in [9.17, 15) is 30.8 Å². The minimum Gasteiger partial charge on any atom is -0.371 e. The smallest absolute Gasteiger partial charge is 0.371 e. The summed E-state index contributed by atoms with van der Waals surface area (Å²) in [6.07, 6.45) is -5.91. The summed E-state index contributed by atoms with van der Waals surface area (Å²) >= 11 is 1.15. The number of carbonyl (C=O) groups is 1. The molecule has 1 atom stereocenters. The predicted octanol–water partition coefficient (Wildman–Crippen LogP) is 3.92. The van der Waals surface area contributed by atoms with Crippen LogP contribution in [0.4, 0.5) is 17.6 Å². The zero-order valence-electron chi connectivity index (χ0n) is 16.2. The SMILES string of the molecule is NC(=O)c1sc2ccccc2c1[C@@H]1CN(S(=O)(=O)c2ccc(F)c(C(F)(F)F)c2)CCO1. The molecule has 3 aromatic rings. The Morgan fingerprint density at radius 3 is 2.59 bits per heavy atom. The fourth-order valence-corrected chi connectivity index (χ4v) is 6.18. The van der Waals surface area contributed by atoms with E-state index in [2.05, 4.69) is 0 Å². The third kappa shape index (κ3) is 3.98. The minimum atomic E-state index is -5.05. The van der Waals surface area contributed by atoms with Crippen LogP contribution >= 0.6 is 11.3 Å². The number of hydrogen-bond acceptors (Lipinski definition) is 5. The first kappa shape index (κ1) is 22.6. The number of morpholine rings is 1. The van der Waals surface area contributed by atoms with Gasteiger partial charge in [0.05, 0.1) is 28.0 Å². The summed E-state index contributed by atoms with van der Waals surface area (Å²) in [6, 6.07) is 8.61. The van der Waals surface area contributed by atoms with Crippen molar-refractivity contribution in [2.45, 2.75) is 17.2 Å². The molecule has 0 radical (unpaired) electrons. The van der Waals surface area contributed by atoms with Crippen molar-refractivity contribution in [1.82, 2.24) is 4.31 Å². The number of alkyl halides is 3. The Morgan fingerprint density at radius 2 is 1.91 bits per heavy atom. The summed E-state index contributed by atoms with van der Waals surface area (Å²) < 4.78 is 86.4. The lowest BCUT2D eigenvalue weighted by atomic mass is 10.0. The predicted molar refractivity (Wildman–Crippen MR) is 109 cm³/mol. The lowest BCUT2D eigenvalue weighted by Crippen LogP contribution is -2.42. The fourth-order valence-electron chi connectivity index (χ4n) is 3.62. The first-order valence-corrected chi connectivity index (χ1v) is 11.6. The molecule has 1 aliphatic heterocycles. The number of fused-ring (bicyclic) bond motifs is 1. The molecule has 0 unspecified atom stereocenters. The highest BCUT2D eigenvalue weighted by atomic mass is 32.2. The number of carbonyl (C=O) groups excluding carboxylic acids is 1. The Balaban J connectivity index is 1.72. The molecule has 32 heavy (non-hydrogen) atoms. The third-order valence-electron chi connectivity index (χ3n) is 5.09. The minimum absolute atomic E-state index is 0.0560. The van der Waals surface area contributed by atoms with Gasteiger partial charge >= 0.3 is 6.18 Å². The number of rotatable bonds is 4.